The zero-order valence-corrected chi connectivity index (χ0v) is 27.5. The molecule has 0 amide bonds. The van der Waals surface area contributed by atoms with Crippen molar-refractivity contribution in [3.63, 3.8) is 0 Å². The molecule has 2 aromatic heterocycles. The molecule has 0 aliphatic heterocycles. The number of rotatable bonds is 9. The van der Waals surface area contributed by atoms with E-state index in [9.17, 15) is 4.79 Å². The topological polar surface area (TPSA) is 185 Å². The first-order valence-electron chi connectivity index (χ1n) is 12.1. The molecule has 11 nitrogen and oxygen atoms in total. The normalized spacial score (nSPS) is 9.90. The minimum absolute atomic E-state index is 0. The summed E-state index contributed by atoms with van der Waals surface area (Å²) in [5.74, 6) is 1.32. The Morgan fingerprint density at radius 2 is 1.68 bits per heavy atom. The second-order valence-electron chi connectivity index (χ2n) is 9.00. The van der Waals surface area contributed by atoms with Crippen molar-refractivity contribution < 1.29 is 67.8 Å². The van der Waals surface area contributed by atoms with Gasteiger partial charge in [-0.2, -0.15) is 5.21 Å². The first-order valence-corrected chi connectivity index (χ1v) is 12.5. The number of likely N-dealkylation sites (N-methyl/N-ethyl adjacent to an activating group) is 1. The molecule has 4 aromatic rings. The van der Waals surface area contributed by atoms with Gasteiger partial charge in [-0.3, -0.25) is 19.7 Å². The molecule has 4 rings (SSSR count). The number of unbranched alkanes of at least 4 members (excludes halogenated alkanes) is 1. The van der Waals surface area contributed by atoms with Crippen LogP contribution in [0.2, 0.25) is 0 Å². The summed E-state index contributed by atoms with van der Waals surface area (Å²) in [6.45, 7) is 4.50. The van der Waals surface area contributed by atoms with Crippen LogP contribution in [-0.4, -0.2) is 65.5 Å². The van der Waals surface area contributed by atoms with Gasteiger partial charge in [0.15, 0.2) is 0 Å². The van der Waals surface area contributed by atoms with Crippen molar-refractivity contribution in [3.05, 3.63) is 81.5 Å². The van der Waals surface area contributed by atoms with E-state index in [1.165, 1.54) is 0 Å². The number of nitrogens with zero attached hydrogens (tertiary/aromatic N) is 7. The summed E-state index contributed by atoms with van der Waals surface area (Å²) in [4.78, 5) is 21.0. The molecule has 6 N–H and O–H groups in total. The van der Waals surface area contributed by atoms with E-state index in [0.717, 1.165) is 53.0 Å². The van der Waals surface area contributed by atoms with Crippen LogP contribution < -0.4 is 62.0 Å². The van der Waals surface area contributed by atoms with E-state index in [0.29, 0.717) is 29.3 Å². The molecule has 0 aliphatic rings. The summed E-state index contributed by atoms with van der Waals surface area (Å²) in [6.07, 6.45) is 3.19. The Balaban J connectivity index is 0.00000380. The predicted octanol–water partition coefficient (Wildman–Crippen LogP) is -1.62. The standard InChI is InChI=1S/C27H30N7OS.K.3H2O/c1-5-6-11-24-28-18(2)23(16-25(36)33(3)4)27(35)34(24)17-19-12-14-20(15-13-19)21-9-7-8-10-22(21)26-29-31-32-30-26;;;;/h7-10,12-15H,5-6,11,16-17H2,1-4H3;;3*1H2/q-1;+1;;;. The number of aromatic nitrogens is 6. The van der Waals surface area contributed by atoms with E-state index in [1.807, 2.05) is 54.8 Å². The first kappa shape index (κ1) is 37.8. The van der Waals surface area contributed by atoms with Gasteiger partial charge in [0.1, 0.15) is 5.82 Å². The second-order valence-corrected chi connectivity index (χ2v) is 9.47. The minimum atomic E-state index is -0.0134. The SMILES string of the molecule is CCCCc1nc(C)c(CC(=S)N(C)C)c(=O)n1Cc1ccc(-c2ccccc2-c2nnn[n-]2)cc1.O.O.O.[K+]. The van der Waals surface area contributed by atoms with Crippen molar-refractivity contribution in [3.8, 4) is 22.5 Å². The van der Waals surface area contributed by atoms with E-state index in [2.05, 4.69) is 51.8 Å². The maximum Gasteiger partial charge on any atom is 1.00 e. The number of tetrazole rings is 1. The van der Waals surface area contributed by atoms with E-state index in [-0.39, 0.29) is 73.4 Å². The zero-order valence-electron chi connectivity index (χ0n) is 23.6. The fraction of sp³-hybridized carbons (Fsp3) is 0.333. The van der Waals surface area contributed by atoms with Gasteiger partial charge in [-0.25, -0.2) is 4.98 Å². The molecule has 0 fully saturated rings. The van der Waals surface area contributed by atoms with E-state index in [1.54, 1.807) is 0 Å². The third kappa shape index (κ3) is 8.90. The van der Waals surface area contributed by atoms with Crippen LogP contribution in [0.1, 0.15) is 42.4 Å². The molecular formula is C27H36KN7O4S. The number of thiocarbonyl (C=S) groups is 1. The van der Waals surface area contributed by atoms with Crippen LogP contribution in [0.3, 0.4) is 0 Å². The van der Waals surface area contributed by atoms with Gasteiger partial charge in [0, 0.05) is 44.0 Å². The molecule has 2 aromatic carbocycles. The smallest absolute Gasteiger partial charge is 0.412 e. The maximum atomic E-state index is 13.6. The molecule has 0 radical (unpaired) electrons. The Hall–Kier alpha value is -2.20. The predicted molar refractivity (Wildman–Crippen MR) is 156 cm³/mol. The van der Waals surface area contributed by atoms with Crippen molar-refractivity contribution in [2.75, 3.05) is 14.1 Å². The monoisotopic (exact) mass is 593 g/mol. The van der Waals surface area contributed by atoms with Crippen LogP contribution in [0.25, 0.3) is 22.5 Å². The first-order chi connectivity index (χ1) is 17.4. The molecule has 0 saturated heterocycles. The van der Waals surface area contributed by atoms with Gasteiger partial charge in [0.25, 0.3) is 5.56 Å². The number of aryl methyl sites for hydroxylation is 2. The molecule has 13 heteroatoms. The fourth-order valence-electron chi connectivity index (χ4n) is 4.11. The summed E-state index contributed by atoms with van der Waals surface area (Å²) in [5.41, 5.74) is 5.33. The number of hydrogen-bond acceptors (Lipinski definition) is 6. The summed E-state index contributed by atoms with van der Waals surface area (Å²) in [5, 5.41) is 15.2. The van der Waals surface area contributed by atoms with Gasteiger partial charge < -0.3 is 26.4 Å². The van der Waals surface area contributed by atoms with Crippen LogP contribution in [-0.2, 0) is 19.4 Å². The van der Waals surface area contributed by atoms with E-state index < -0.39 is 0 Å². The number of hydrogen-bond donors (Lipinski definition) is 0. The minimum Gasteiger partial charge on any atom is -0.412 e. The molecule has 0 bridgehead atoms. The number of benzene rings is 2. The second kappa shape index (κ2) is 17.6. The molecule has 0 aliphatic carbocycles. The fourth-order valence-corrected chi connectivity index (χ4v) is 4.26. The Morgan fingerprint density at radius 1 is 1.02 bits per heavy atom. The molecule has 0 atom stereocenters. The molecule has 0 saturated carbocycles. The average Bonchev–Trinajstić information content (AvgIpc) is 3.42. The van der Waals surface area contributed by atoms with Crippen LogP contribution in [0, 0.1) is 6.92 Å². The van der Waals surface area contributed by atoms with Gasteiger partial charge in [-0.05, 0) is 35.6 Å². The Bertz CT molecular complexity index is 1410. The van der Waals surface area contributed by atoms with Crippen LogP contribution in [0.15, 0.2) is 53.3 Å². The van der Waals surface area contributed by atoms with Gasteiger partial charge >= 0.3 is 51.4 Å². The molecule has 0 spiro atoms. The van der Waals surface area contributed by atoms with E-state index >= 15 is 0 Å². The summed E-state index contributed by atoms with van der Waals surface area (Å²) in [6, 6.07) is 16.1. The quantitative estimate of drug-likeness (QED) is 0.164. The Kier molecular flexibility index (Phi) is 16.6. The van der Waals surface area contributed by atoms with Crippen molar-refractivity contribution in [1.82, 2.24) is 35.1 Å². The third-order valence-electron chi connectivity index (χ3n) is 6.22. The maximum absolute atomic E-state index is 13.6. The Morgan fingerprint density at radius 3 is 2.25 bits per heavy atom. The van der Waals surface area contributed by atoms with Gasteiger partial charge in [-0.15, -0.1) is 0 Å². The molecular weight excluding hydrogens is 558 g/mol. The average molecular weight is 594 g/mol. The largest absolute Gasteiger partial charge is 1.00 e. The van der Waals surface area contributed by atoms with Crippen LogP contribution in [0.4, 0.5) is 0 Å². The summed E-state index contributed by atoms with van der Waals surface area (Å²) >= 11 is 5.49. The summed E-state index contributed by atoms with van der Waals surface area (Å²) < 4.78 is 1.81. The van der Waals surface area contributed by atoms with Crippen molar-refractivity contribution >= 4 is 17.2 Å². The van der Waals surface area contributed by atoms with Gasteiger partial charge in [-0.1, -0.05) is 74.1 Å². The zero-order chi connectivity index (χ0) is 25.7. The van der Waals surface area contributed by atoms with Crippen molar-refractivity contribution in [2.45, 2.75) is 46.1 Å². The van der Waals surface area contributed by atoms with Crippen LogP contribution >= 0.6 is 12.2 Å². The van der Waals surface area contributed by atoms with Crippen molar-refractivity contribution in [1.29, 1.82) is 0 Å². The van der Waals surface area contributed by atoms with Crippen molar-refractivity contribution in [2.24, 2.45) is 0 Å². The van der Waals surface area contributed by atoms with Crippen LogP contribution in [0.5, 0.6) is 0 Å². The molecule has 210 valence electrons. The molecule has 0 unspecified atom stereocenters. The molecule has 40 heavy (non-hydrogen) atoms. The Labute approximate surface area is 281 Å². The van der Waals surface area contributed by atoms with Gasteiger partial charge in [0.2, 0.25) is 0 Å². The summed E-state index contributed by atoms with van der Waals surface area (Å²) in [7, 11) is 3.80. The third-order valence-corrected chi connectivity index (χ3v) is 6.73. The van der Waals surface area contributed by atoms with E-state index in [4.69, 9.17) is 17.2 Å². The molecule has 2 heterocycles. The van der Waals surface area contributed by atoms with Gasteiger partial charge in [0.05, 0.1) is 11.5 Å².